The smallest absolute Gasteiger partial charge is 0.264 e. The Hall–Kier alpha value is -3.36. The number of hydrogen-bond acceptors (Lipinski definition) is 4. The fraction of sp³-hybridized carbons (Fsp3) is 0.333. The number of amides is 2. The molecule has 0 heterocycles. The molecule has 0 fully saturated rings. The molecule has 7 nitrogen and oxygen atoms in total. The van der Waals surface area contributed by atoms with E-state index in [1.54, 1.807) is 62.4 Å². The summed E-state index contributed by atoms with van der Waals surface area (Å²) >= 11 is 6.05. The molecular formula is C30H36ClN3O4S. The fourth-order valence-corrected chi connectivity index (χ4v) is 5.67. The summed E-state index contributed by atoms with van der Waals surface area (Å²) in [6, 6.07) is 19.6. The molecule has 0 spiro atoms. The van der Waals surface area contributed by atoms with E-state index in [-0.39, 0.29) is 23.4 Å². The summed E-state index contributed by atoms with van der Waals surface area (Å²) in [4.78, 5) is 28.6. The lowest BCUT2D eigenvalue weighted by Crippen LogP contribution is -2.52. The van der Waals surface area contributed by atoms with Gasteiger partial charge in [0.15, 0.2) is 0 Å². The monoisotopic (exact) mass is 569 g/mol. The minimum absolute atomic E-state index is 0.0719. The number of nitrogens with one attached hydrogen (secondary N) is 1. The van der Waals surface area contributed by atoms with Crippen LogP contribution in [0, 0.1) is 13.8 Å². The number of hydrogen-bond donors (Lipinski definition) is 1. The predicted molar refractivity (Wildman–Crippen MR) is 156 cm³/mol. The van der Waals surface area contributed by atoms with Gasteiger partial charge in [0.2, 0.25) is 11.8 Å². The molecule has 3 aromatic rings. The van der Waals surface area contributed by atoms with Crippen molar-refractivity contribution in [3.8, 4) is 0 Å². The number of carbonyl (C=O) groups is 2. The summed E-state index contributed by atoms with van der Waals surface area (Å²) in [5.74, 6) is -0.812. The molecule has 0 aliphatic carbocycles. The number of rotatable bonds is 11. The van der Waals surface area contributed by atoms with Gasteiger partial charge in [-0.25, -0.2) is 8.42 Å². The van der Waals surface area contributed by atoms with Crippen molar-refractivity contribution in [2.45, 2.75) is 64.6 Å². The quantitative estimate of drug-likeness (QED) is 0.331. The van der Waals surface area contributed by atoms with Crippen molar-refractivity contribution < 1.29 is 18.0 Å². The summed E-state index contributed by atoms with van der Waals surface area (Å²) in [5, 5.41) is 3.48. The minimum atomic E-state index is -4.10. The molecule has 1 N–H and O–H groups in total. The summed E-state index contributed by atoms with van der Waals surface area (Å²) in [6.45, 7) is 8.81. The molecule has 0 aromatic heterocycles. The second kappa shape index (κ2) is 13.1. The first kappa shape index (κ1) is 30.2. The van der Waals surface area contributed by atoms with Gasteiger partial charge >= 0.3 is 0 Å². The van der Waals surface area contributed by atoms with E-state index in [1.807, 2.05) is 32.9 Å². The molecule has 3 rings (SSSR count). The van der Waals surface area contributed by atoms with Crippen LogP contribution in [0.15, 0.2) is 77.7 Å². The van der Waals surface area contributed by atoms with Crippen LogP contribution >= 0.6 is 11.6 Å². The molecule has 0 aliphatic heterocycles. The van der Waals surface area contributed by atoms with Gasteiger partial charge < -0.3 is 10.2 Å². The van der Waals surface area contributed by atoms with Gasteiger partial charge in [-0.15, -0.1) is 0 Å². The van der Waals surface area contributed by atoms with E-state index >= 15 is 0 Å². The second-order valence-electron chi connectivity index (χ2n) is 9.76. The van der Waals surface area contributed by atoms with E-state index in [0.717, 1.165) is 21.9 Å². The average Bonchev–Trinajstić information content (AvgIpc) is 2.92. The molecular weight excluding hydrogens is 534 g/mol. The zero-order valence-corrected chi connectivity index (χ0v) is 24.6. The van der Waals surface area contributed by atoms with Crippen LogP contribution in [0.2, 0.25) is 5.02 Å². The Balaban J connectivity index is 2.05. The SMILES string of the molecule is CC[C@H](C)NC(=O)[C@@H](C)N(Cc1ccc(Cl)cc1)C(=O)CN(c1cc(C)ccc1C)S(=O)(=O)c1ccccc1. The molecule has 0 aliphatic rings. The highest BCUT2D eigenvalue weighted by Gasteiger charge is 2.33. The van der Waals surface area contributed by atoms with Gasteiger partial charge in [0.05, 0.1) is 10.6 Å². The van der Waals surface area contributed by atoms with Crippen molar-refractivity contribution in [3.05, 3.63) is 94.5 Å². The van der Waals surface area contributed by atoms with E-state index in [2.05, 4.69) is 5.32 Å². The molecule has 0 bridgehead atoms. The molecule has 0 saturated carbocycles. The van der Waals surface area contributed by atoms with Gasteiger partial charge in [-0.1, -0.05) is 61.0 Å². The highest BCUT2D eigenvalue weighted by atomic mass is 35.5. The molecule has 2 atom stereocenters. The number of anilines is 1. The Morgan fingerprint density at radius 3 is 2.21 bits per heavy atom. The van der Waals surface area contributed by atoms with Gasteiger partial charge in [-0.3, -0.25) is 13.9 Å². The van der Waals surface area contributed by atoms with Crippen LogP contribution in [0.25, 0.3) is 0 Å². The summed E-state index contributed by atoms with van der Waals surface area (Å²) in [5.41, 5.74) is 2.74. The van der Waals surface area contributed by atoms with E-state index < -0.39 is 28.5 Å². The Morgan fingerprint density at radius 2 is 1.59 bits per heavy atom. The topological polar surface area (TPSA) is 86.8 Å². The maximum absolute atomic E-state index is 14.0. The first-order valence-corrected chi connectivity index (χ1v) is 14.7. The number of benzene rings is 3. The Labute approximate surface area is 236 Å². The average molecular weight is 570 g/mol. The van der Waals surface area contributed by atoms with Crippen LogP contribution in [0.1, 0.15) is 43.9 Å². The lowest BCUT2D eigenvalue weighted by Gasteiger charge is -2.33. The molecule has 0 radical (unpaired) electrons. The molecule has 2 amide bonds. The standard InChI is InChI=1S/C30H36ClN3O4S/c1-6-23(4)32-30(36)24(5)33(19-25-14-16-26(31)17-15-25)29(35)20-34(28-18-21(2)12-13-22(28)3)39(37,38)27-10-8-7-9-11-27/h7-18,23-24H,6,19-20H2,1-5H3,(H,32,36)/t23-,24+/m0/s1. The van der Waals surface area contributed by atoms with Crippen molar-refractivity contribution >= 4 is 39.1 Å². The first-order valence-electron chi connectivity index (χ1n) is 12.9. The van der Waals surface area contributed by atoms with Gasteiger partial charge in [0.25, 0.3) is 10.0 Å². The Morgan fingerprint density at radius 1 is 0.949 bits per heavy atom. The number of carbonyl (C=O) groups excluding carboxylic acids is 2. The zero-order valence-electron chi connectivity index (χ0n) is 23.0. The second-order valence-corrected chi connectivity index (χ2v) is 12.1. The summed E-state index contributed by atoms with van der Waals surface area (Å²) < 4.78 is 28.9. The van der Waals surface area contributed by atoms with Gasteiger partial charge in [-0.2, -0.15) is 0 Å². The van der Waals surface area contributed by atoms with E-state index in [0.29, 0.717) is 16.3 Å². The van der Waals surface area contributed by atoms with E-state index in [9.17, 15) is 18.0 Å². The van der Waals surface area contributed by atoms with Crippen LogP contribution in [0.3, 0.4) is 0 Å². The molecule has 208 valence electrons. The molecule has 3 aromatic carbocycles. The molecule has 0 saturated heterocycles. The van der Waals surface area contributed by atoms with E-state index in [4.69, 9.17) is 11.6 Å². The van der Waals surface area contributed by atoms with Crippen LogP contribution in [0.4, 0.5) is 5.69 Å². The zero-order chi connectivity index (χ0) is 28.7. The van der Waals surface area contributed by atoms with Crippen molar-refractivity contribution in [2.24, 2.45) is 0 Å². The number of nitrogens with zero attached hydrogens (tertiary/aromatic N) is 2. The van der Waals surface area contributed by atoms with Crippen LogP contribution < -0.4 is 9.62 Å². The largest absolute Gasteiger partial charge is 0.352 e. The van der Waals surface area contributed by atoms with Gasteiger partial charge in [0.1, 0.15) is 12.6 Å². The predicted octanol–water partition coefficient (Wildman–Crippen LogP) is 5.48. The number of aryl methyl sites for hydroxylation is 2. The third-order valence-electron chi connectivity index (χ3n) is 6.68. The highest BCUT2D eigenvalue weighted by molar-refractivity contribution is 7.92. The highest BCUT2D eigenvalue weighted by Crippen LogP contribution is 2.28. The van der Waals surface area contributed by atoms with Crippen molar-refractivity contribution in [1.82, 2.24) is 10.2 Å². The first-order chi connectivity index (χ1) is 18.4. The van der Waals surface area contributed by atoms with Crippen molar-refractivity contribution in [1.29, 1.82) is 0 Å². The minimum Gasteiger partial charge on any atom is -0.352 e. The van der Waals surface area contributed by atoms with Crippen LogP contribution in [-0.2, 0) is 26.2 Å². The molecule has 0 unspecified atom stereocenters. The molecule has 9 heteroatoms. The lowest BCUT2D eigenvalue weighted by atomic mass is 10.1. The normalized spacial score (nSPS) is 12.9. The third kappa shape index (κ3) is 7.61. The maximum atomic E-state index is 14.0. The summed E-state index contributed by atoms with van der Waals surface area (Å²) in [7, 11) is -4.10. The Bertz CT molecular complexity index is 1400. The summed E-state index contributed by atoms with van der Waals surface area (Å²) in [6.07, 6.45) is 0.735. The number of sulfonamides is 1. The van der Waals surface area contributed by atoms with Gasteiger partial charge in [0, 0.05) is 17.6 Å². The number of halogens is 1. The van der Waals surface area contributed by atoms with Crippen molar-refractivity contribution in [2.75, 3.05) is 10.8 Å². The molecule has 39 heavy (non-hydrogen) atoms. The van der Waals surface area contributed by atoms with Gasteiger partial charge in [-0.05, 0) is 81.1 Å². The third-order valence-corrected chi connectivity index (χ3v) is 8.70. The lowest BCUT2D eigenvalue weighted by molar-refractivity contribution is -0.139. The van der Waals surface area contributed by atoms with Crippen molar-refractivity contribution in [3.63, 3.8) is 0 Å². The van der Waals surface area contributed by atoms with E-state index in [1.165, 1.54) is 17.0 Å². The Kier molecular flexibility index (Phi) is 10.2. The fourth-order valence-electron chi connectivity index (χ4n) is 4.06. The maximum Gasteiger partial charge on any atom is 0.264 e. The van der Waals surface area contributed by atoms with Crippen LogP contribution in [-0.4, -0.2) is 43.8 Å². The van der Waals surface area contributed by atoms with Crippen LogP contribution in [0.5, 0.6) is 0 Å².